The molecule has 2 aromatic carbocycles. The molecule has 1 fully saturated rings. The number of rotatable bonds is 5. The highest BCUT2D eigenvalue weighted by molar-refractivity contribution is 6.00. The minimum atomic E-state index is -1.38. The second-order valence-corrected chi connectivity index (χ2v) is 7.59. The van der Waals surface area contributed by atoms with Crippen molar-refractivity contribution in [3.05, 3.63) is 66.5 Å². The van der Waals surface area contributed by atoms with Crippen LogP contribution >= 0.6 is 0 Å². The maximum atomic E-state index is 13.7. The van der Waals surface area contributed by atoms with Crippen molar-refractivity contribution in [2.45, 2.75) is 24.5 Å². The van der Waals surface area contributed by atoms with Crippen LogP contribution in [0.15, 0.2) is 54.9 Å². The summed E-state index contributed by atoms with van der Waals surface area (Å²) >= 11 is 0. The second kappa shape index (κ2) is 8.45. The lowest BCUT2D eigenvalue weighted by atomic mass is 10.1. The maximum absolute atomic E-state index is 13.7. The van der Waals surface area contributed by atoms with Crippen LogP contribution in [0.5, 0.6) is 0 Å². The SMILES string of the molecule is OC[C@H]1O[C@@H](n2nc(-c3ccccc3)c3c(Nc4cc(F)cc(F)c4)ncnc32)[C@@H](O)[C@H]1O. The van der Waals surface area contributed by atoms with Gasteiger partial charge in [-0.2, -0.15) is 5.10 Å². The van der Waals surface area contributed by atoms with Crippen molar-refractivity contribution in [2.24, 2.45) is 0 Å². The maximum Gasteiger partial charge on any atom is 0.181 e. The predicted molar refractivity (Wildman–Crippen MR) is 113 cm³/mol. The van der Waals surface area contributed by atoms with E-state index < -0.39 is 42.8 Å². The topological polar surface area (TPSA) is 126 Å². The fourth-order valence-electron chi connectivity index (χ4n) is 3.89. The van der Waals surface area contributed by atoms with Crippen LogP contribution < -0.4 is 5.32 Å². The van der Waals surface area contributed by atoms with E-state index in [2.05, 4.69) is 20.4 Å². The van der Waals surface area contributed by atoms with Crippen LogP contribution in [0.25, 0.3) is 22.3 Å². The number of hydrogen-bond acceptors (Lipinski definition) is 8. The highest BCUT2D eigenvalue weighted by Gasteiger charge is 2.45. The fourth-order valence-corrected chi connectivity index (χ4v) is 3.89. The zero-order chi connectivity index (χ0) is 23.1. The summed E-state index contributed by atoms with van der Waals surface area (Å²) in [5.74, 6) is -1.29. The largest absolute Gasteiger partial charge is 0.394 e. The van der Waals surface area contributed by atoms with Gasteiger partial charge in [-0.15, -0.1) is 0 Å². The van der Waals surface area contributed by atoms with Gasteiger partial charge in [0.15, 0.2) is 11.9 Å². The van der Waals surface area contributed by atoms with Crippen molar-refractivity contribution in [3.8, 4) is 11.3 Å². The van der Waals surface area contributed by atoms with Crippen molar-refractivity contribution in [3.63, 3.8) is 0 Å². The van der Waals surface area contributed by atoms with Gasteiger partial charge < -0.3 is 25.4 Å². The van der Waals surface area contributed by atoms with E-state index >= 15 is 0 Å². The highest BCUT2D eigenvalue weighted by Crippen LogP contribution is 2.37. The molecule has 0 spiro atoms. The third-order valence-corrected chi connectivity index (χ3v) is 5.42. The molecule has 11 heteroatoms. The van der Waals surface area contributed by atoms with Gasteiger partial charge >= 0.3 is 0 Å². The molecule has 4 N–H and O–H groups in total. The van der Waals surface area contributed by atoms with Crippen molar-refractivity contribution in [2.75, 3.05) is 11.9 Å². The van der Waals surface area contributed by atoms with Gasteiger partial charge in [0, 0.05) is 17.3 Å². The van der Waals surface area contributed by atoms with Crippen molar-refractivity contribution in [1.29, 1.82) is 0 Å². The first-order valence-electron chi connectivity index (χ1n) is 10.1. The number of benzene rings is 2. The van der Waals surface area contributed by atoms with Crippen LogP contribution in [0.4, 0.5) is 20.3 Å². The fraction of sp³-hybridized carbons (Fsp3) is 0.227. The summed E-state index contributed by atoms with van der Waals surface area (Å²) < 4.78 is 34.4. The summed E-state index contributed by atoms with van der Waals surface area (Å²) in [5, 5.41) is 38.1. The summed E-state index contributed by atoms with van der Waals surface area (Å²) in [6.07, 6.45) is -3.61. The third kappa shape index (κ3) is 3.80. The van der Waals surface area contributed by atoms with Gasteiger partial charge in [-0.3, -0.25) is 0 Å². The molecule has 0 aliphatic carbocycles. The van der Waals surface area contributed by atoms with Crippen molar-refractivity contribution in [1.82, 2.24) is 19.7 Å². The Bertz CT molecular complexity index is 1280. The molecule has 0 amide bonds. The first-order chi connectivity index (χ1) is 16.0. The van der Waals surface area contributed by atoms with Crippen LogP contribution in [0.1, 0.15) is 6.23 Å². The van der Waals surface area contributed by atoms with Crippen LogP contribution in [0.2, 0.25) is 0 Å². The number of halogens is 2. The van der Waals surface area contributed by atoms with Gasteiger partial charge in [0.1, 0.15) is 47.8 Å². The molecule has 170 valence electrons. The Labute approximate surface area is 185 Å². The average molecular weight is 455 g/mol. The molecule has 0 saturated carbocycles. The summed E-state index contributed by atoms with van der Waals surface area (Å²) in [5.41, 5.74) is 1.49. The quantitative estimate of drug-likeness (QED) is 0.361. The number of nitrogens with zero attached hydrogens (tertiary/aromatic N) is 4. The van der Waals surface area contributed by atoms with E-state index in [4.69, 9.17) is 4.74 Å². The number of nitrogens with one attached hydrogen (secondary N) is 1. The van der Waals surface area contributed by atoms with Gasteiger partial charge in [0.25, 0.3) is 0 Å². The highest BCUT2D eigenvalue weighted by atomic mass is 19.1. The number of anilines is 2. The van der Waals surface area contributed by atoms with E-state index in [-0.39, 0.29) is 17.2 Å². The second-order valence-electron chi connectivity index (χ2n) is 7.59. The van der Waals surface area contributed by atoms with Gasteiger partial charge in [-0.25, -0.2) is 23.4 Å². The van der Waals surface area contributed by atoms with E-state index in [1.165, 1.54) is 11.0 Å². The molecule has 0 bridgehead atoms. The van der Waals surface area contributed by atoms with Gasteiger partial charge in [-0.05, 0) is 12.1 Å². The van der Waals surface area contributed by atoms with E-state index in [0.29, 0.717) is 16.6 Å². The standard InChI is InChI=1S/C22H19F2N5O4/c23-12-6-13(24)8-14(7-12)27-20-16-17(11-4-2-1-3-5-11)28-29(21(16)26-10-25-20)22-19(32)18(31)15(9-30)33-22/h1-8,10,15,18-19,22,30-32H,9H2,(H,25,26,27)/t15-,18+,19+,22-/m1/s1. The molecule has 0 radical (unpaired) electrons. The number of fused-ring (bicyclic) bond motifs is 1. The number of hydrogen-bond donors (Lipinski definition) is 4. The Kier molecular flexibility index (Phi) is 5.46. The number of aliphatic hydroxyl groups excluding tert-OH is 3. The predicted octanol–water partition coefficient (Wildman–Crippen LogP) is 2.13. The lowest BCUT2D eigenvalue weighted by Crippen LogP contribution is -2.33. The van der Waals surface area contributed by atoms with Gasteiger partial charge in [-0.1, -0.05) is 30.3 Å². The minimum Gasteiger partial charge on any atom is -0.394 e. The molecular formula is C22H19F2N5O4. The molecule has 1 aliphatic heterocycles. The molecule has 9 nitrogen and oxygen atoms in total. The summed E-state index contributed by atoms with van der Waals surface area (Å²) in [6, 6.07) is 12.1. The monoisotopic (exact) mass is 455 g/mol. The van der Waals surface area contributed by atoms with E-state index in [9.17, 15) is 24.1 Å². The Balaban J connectivity index is 1.68. The van der Waals surface area contributed by atoms with E-state index in [1.807, 2.05) is 30.3 Å². The molecule has 4 aromatic rings. The van der Waals surface area contributed by atoms with Crippen LogP contribution in [-0.4, -0.2) is 60.0 Å². The smallest absolute Gasteiger partial charge is 0.181 e. The first-order valence-corrected chi connectivity index (χ1v) is 10.1. The number of aromatic nitrogens is 4. The Morgan fingerprint density at radius 1 is 1.00 bits per heavy atom. The lowest BCUT2D eigenvalue weighted by Gasteiger charge is -2.15. The molecule has 1 saturated heterocycles. The summed E-state index contributed by atoms with van der Waals surface area (Å²) in [7, 11) is 0. The molecule has 33 heavy (non-hydrogen) atoms. The Hall–Kier alpha value is -3.51. The van der Waals surface area contributed by atoms with E-state index in [1.54, 1.807) is 0 Å². The third-order valence-electron chi connectivity index (χ3n) is 5.42. The molecular weight excluding hydrogens is 436 g/mol. The molecule has 5 rings (SSSR count). The van der Waals surface area contributed by atoms with Crippen molar-refractivity contribution >= 4 is 22.5 Å². The normalized spacial score (nSPS) is 22.7. The minimum absolute atomic E-state index is 0.132. The summed E-state index contributed by atoms with van der Waals surface area (Å²) in [4.78, 5) is 8.53. The van der Waals surface area contributed by atoms with Crippen LogP contribution in [0.3, 0.4) is 0 Å². The Morgan fingerprint density at radius 3 is 2.39 bits per heavy atom. The van der Waals surface area contributed by atoms with Crippen LogP contribution in [0, 0.1) is 11.6 Å². The first kappa shape index (κ1) is 21.3. The molecule has 0 unspecified atom stereocenters. The molecule has 4 atom stereocenters. The molecule has 2 aromatic heterocycles. The van der Waals surface area contributed by atoms with Gasteiger partial charge in [0.05, 0.1) is 12.0 Å². The van der Waals surface area contributed by atoms with Crippen molar-refractivity contribution < 1.29 is 28.8 Å². The van der Waals surface area contributed by atoms with Gasteiger partial charge in [0.2, 0.25) is 0 Å². The zero-order valence-electron chi connectivity index (χ0n) is 17.0. The summed E-state index contributed by atoms with van der Waals surface area (Å²) in [6.45, 7) is -0.494. The van der Waals surface area contributed by atoms with E-state index in [0.717, 1.165) is 18.2 Å². The molecule has 3 heterocycles. The lowest BCUT2D eigenvalue weighted by molar-refractivity contribution is -0.0565. The number of aliphatic hydroxyl groups is 3. The molecule has 1 aliphatic rings. The number of ether oxygens (including phenoxy) is 1. The van der Waals surface area contributed by atoms with Crippen LogP contribution in [-0.2, 0) is 4.74 Å². The average Bonchev–Trinajstić information content (AvgIpc) is 3.32. The Morgan fingerprint density at radius 2 is 1.73 bits per heavy atom. The zero-order valence-corrected chi connectivity index (χ0v) is 17.0.